The molecule has 2 heterocycles. The molecule has 1 aliphatic carbocycles. The number of ether oxygens (including phenoxy) is 2. The van der Waals surface area contributed by atoms with Gasteiger partial charge in [-0.2, -0.15) is 0 Å². The number of aliphatic hydroxyl groups is 1. The number of allylic oxidation sites excluding steroid dienone is 1. The van der Waals surface area contributed by atoms with Crippen molar-refractivity contribution in [2.45, 2.75) is 38.4 Å². The van der Waals surface area contributed by atoms with Crippen molar-refractivity contribution in [3.05, 3.63) is 62.8 Å². The number of benzene rings is 2. The minimum atomic E-state index is -0.251. The molecule has 0 saturated carbocycles. The lowest BCUT2D eigenvalue weighted by Gasteiger charge is -2.19. The van der Waals surface area contributed by atoms with E-state index in [4.69, 9.17) is 21.1 Å². The summed E-state index contributed by atoms with van der Waals surface area (Å²) in [5.74, 6) is 0.828. The molecule has 4 nitrogen and oxygen atoms in total. The van der Waals surface area contributed by atoms with Crippen molar-refractivity contribution in [2.75, 3.05) is 0 Å². The molecule has 2 aromatic rings. The number of aliphatic hydroxyl groups excluding tert-OH is 1. The highest BCUT2D eigenvalue weighted by Crippen LogP contribution is 2.54. The highest BCUT2D eigenvalue weighted by molar-refractivity contribution is 9.10. The van der Waals surface area contributed by atoms with E-state index in [-0.39, 0.29) is 35.6 Å². The lowest BCUT2D eigenvalue weighted by atomic mass is 9.80. The summed E-state index contributed by atoms with van der Waals surface area (Å²) >= 11 is 9.67. The fraction of sp³-hybridized carbons (Fsp3) is 0.348. The third-order valence-corrected chi connectivity index (χ3v) is 7.04. The molecular formula is C23H20BrClO4. The predicted octanol–water partition coefficient (Wildman–Crippen LogP) is 6.10. The molecule has 2 aromatic carbocycles. The van der Waals surface area contributed by atoms with Crippen LogP contribution >= 0.6 is 27.5 Å². The molecule has 5 rings (SSSR count). The number of aryl methyl sites for hydroxylation is 1. The Morgan fingerprint density at radius 1 is 1.17 bits per heavy atom. The highest BCUT2D eigenvalue weighted by Gasteiger charge is 2.59. The zero-order chi connectivity index (χ0) is 20.3. The average Bonchev–Trinajstić information content (AvgIpc) is 3.38. The van der Waals surface area contributed by atoms with Crippen LogP contribution in [0, 0.1) is 11.8 Å². The molecule has 1 N–H and O–H groups in total. The Morgan fingerprint density at radius 2 is 1.93 bits per heavy atom. The third-order valence-electron chi connectivity index (χ3n) is 6.25. The van der Waals surface area contributed by atoms with Crippen molar-refractivity contribution in [1.29, 1.82) is 0 Å². The van der Waals surface area contributed by atoms with E-state index in [0.717, 1.165) is 34.9 Å². The number of carbonyl (C=O) groups is 1. The molecule has 2 unspecified atom stereocenters. The second-order valence-electron chi connectivity index (χ2n) is 7.82. The van der Waals surface area contributed by atoms with Crippen LogP contribution in [0.15, 0.2) is 46.6 Å². The van der Waals surface area contributed by atoms with Crippen LogP contribution < -0.4 is 4.74 Å². The maximum Gasteiger partial charge on any atom is 0.173 e. The number of rotatable bonds is 4. The van der Waals surface area contributed by atoms with Gasteiger partial charge in [-0.05, 0) is 60.7 Å². The van der Waals surface area contributed by atoms with E-state index in [0.29, 0.717) is 22.1 Å². The molecule has 29 heavy (non-hydrogen) atoms. The standard InChI is InChI=1S/C23H20BrClO4/c1-2-11-3-5-13(28-16-6-4-12(24)9-15(16)25)10-14(11)19-22(26)20-17-7-8-18(29-17)21(20)23(19)27/h3-6,9-10,17-18,20-21,26H,2,7-8H2,1H3/t17?,18?,20-,21+/m1/s1. The Morgan fingerprint density at radius 3 is 2.62 bits per heavy atom. The number of ketones is 1. The lowest BCUT2D eigenvalue weighted by molar-refractivity contribution is -0.118. The van der Waals surface area contributed by atoms with Crippen molar-refractivity contribution >= 4 is 38.9 Å². The second kappa shape index (κ2) is 7.15. The Hall–Kier alpha value is -1.82. The SMILES string of the molecule is CCc1ccc(Oc2ccc(Br)cc2Cl)cc1C1=C(O)[C@@H]2C3CCC(O3)[C@@H]2C1=O. The maximum absolute atomic E-state index is 13.3. The van der Waals surface area contributed by atoms with Crippen LogP contribution in [0.2, 0.25) is 5.02 Å². The third kappa shape index (κ3) is 3.02. The van der Waals surface area contributed by atoms with Gasteiger partial charge in [0.15, 0.2) is 5.78 Å². The van der Waals surface area contributed by atoms with E-state index in [1.54, 1.807) is 12.1 Å². The number of carbonyl (C=O) groups excluding carboxylic acids is 1. The largest absolute Gasteiger partial charge is 0.511 e. The van der Waals surface area contributed by atoms with Crippen LogP contribution in [-0.4, -0.2) is 23.1 Å². The molecule has 0 aromatic heterocycles. The van der Waals surface area contributed by atoms with E-state index < -0.39 is 0 Å². The van der Waals surface area contributed by atoms with Crippen LogP contribution in [0.3, 0.4) is 0 Å². The first-order valence-electron chi connectivity index (χ1n) is 9.87. The number of fused-ring (bicyclic) bond motifs is 5. The van der Waals surface area contributed by atoms with Gasteiger partial charge in [-0.25, -0.2) is 0 Å². The van der Waals surface area contributed by atoms with Gasteiger partial charge < -0.3 is 14.6 Å². The Kier molecular flexibility index (Phi) is 4.72. The zero-order valence-corrected chi connectivity index (χ0v) is 18.2. The molecule has 0 spiro atoms. The molecule has 150 valence electrons. The van der Waals surface area contributed by atoms with Crippen molar-refractivity contribution in [3.8, 4) is 11.5 Å². The van der Waals surface area contributed by atoms with Crippen LogP contribution in [-0.2, 0) is 16.0 Å². The number of hydrogen-bond donors (Lipinski definition) is 1. The molecule has 6 heteroatoms. The first-order valence-corrected chi connectivity index (χ1v) is 11.0. The monoisotopic (exact) mass is 474 g/mol. The maximum atomic E-state index is 13.3. The van der Waals surface area contributed by atoms with Gasteiger partial charge in [0.1, 0.15) is 17.3 Å². The van der Waals surface area contributed by atoms with Gasteiger partial charge in [0.2, 0.25) is 0 Å². The van der Waals surface area contributed by atoms with Crippen molar-refractivity contribution in [3.63, 3.8) is 0 Å². The molecular weight excluding hydrogens is 456 g/mol. The summed E-state index contributed by atoms with van der Waals surface area (Å²) in [7, 11) is 0. The van der Waals surface area contributed by atoms with E-state index in [1.165, 1.54) is 0 Å². The van der Waals surface area contributed by atoms with Gasteiger partial charge in [0.05, 0.1) is 34.6 Å². The second-order valence-corrected chi connectivity index (χ2v) is 9.14. The quantitative estimate of drug-likeness (QED) is 0.580. The summed E-state index contributed by atoms with van der Waals surface area (Å²) in [5, 5.41) is 11.5. The molecule has 4 atom stereocenters. The zero-order valence-electron chi connectivity index (χ0n) is 15.8. The number of hydrogen-bond acceptors (Lipinski definition) is 4. The van der Waals surface area contributed by atoms with Crippen molar-refractivity contribution in [2.24, 2.45) is 11.8 Å². The van der Waals surface area contributed by atoms with Crippen LogP contribution in [0.4, 0.5) is 0 Å². The fourth-order valence-corrected chi connectivity index (χ4v) is 5.65. The molecule has 3 aliphatic rings. The molecule has 2 saturated heterocycles. The van der Waals surface area contributed by atoms with Crippen LogP contribution in [0.5, 0.6) is 11.5 Å². The summed E-state index contributed by atoms with van der Waals surface area (Å²) < 4.78 is 12.7. The van der Waals surface area contributed by atoms with Gasteiger partial charge in [-0.3, -0.25) is 4.79 Å². The lowest BCUT2D eigenvalue weighted by Crippen LogP contribution is -2.29. The number of Topliss-reactive ketones (excluding diaryl/α,β-unsaturated/α-hetero) is 1. The van der Waals surface area contributed by atoms with Gasteiger partial charge in [-0.1, -0.05) is 40.5 Å². The van der Waals surface area contributed by atoms with Gasteiger partial charge in [-0.15, -0.1) is 0 Å². The minimum Gasteiger partial charge on any atom is -0.511 e. The smallest absolute Gasteiger partial charge is 0.173 e. The summed E-state index contributed by atoms with van der Waals surface area (Å²) in [6.07, 6.45) is 2.43. The minimum absolute atomic E-state index is 0.00627. The highest BCUT2D eigenvalue weighted by atomic mass is 79.9. The van der Waals surface area contributed by atoms with E-state index >= 15 is 0 Å². The van der Waals surface area contributed by atoms with Crippen molar-refractivity contribution < 1.29 is 19.4 Å². The summed E-state index contributed by atoms with van der Waals surface area (Å²) in [6, 6.07) is 11.1. The number of halogens is 2. The van der Waals surface area contributed by atoms with E-state index in [1.807, 2.05) is 31.2 Å². The summed E-state index contributed by atoms with van der Waals surface area (Å²) in [5.41, 5.74) is 2.18. The van der Waals surface area contributed by atoms with E-state index in [2.05, 4.69) is 15.9 Å². The first kappa shape index (κ1) is 19.2. The molecule has 0 radical (unpaired) electrons. The molecule has 0 amide bonds. The summed E-state index contributed by atoms with van der Waals surface area (Å²) in [6.45, 7) is 2.04. The molecule has 2 aliphatic heterocycles. The van der Waals surface area contributed by atoms with Gasteiger partial charge in [0.25, 0.3) is 0 Å². The average molecular weight is 476 g/mol. The molecule has 2 bridgehead atoms. The molecule has 2 fully saturated rings. The topological polar surface area (TPSA) is 55.8 Å². The van der Waals surface area contributed by atoms with Crippen LogP contribution in [0.25, 0.3) is 5.57 Å². The van der Waals surface area contributed by atoms with Crippen molar-refractivity contribution in [1.82, 2.24) is 0 Å². The fourth-order valence-electron chi connectivity index (χ4n) is 4.93. The summed E-state index contributed by atoms with van der Waals surface area (Å²) in [4.78, 5) is 13.3. The Bertz CT molecular complexity index is 1050. The van der Waals surface area contributed by atoms with E-state index in [9.17, 15) is 9.90 Å². The predicted molar refractivity (Wildman–Crippen MR) is 114 cm³/mol. The Labute approximate surface area is 182 Å². The van der Waals surface area contributed by atoms with Gasteiger partial charge in [0, 0.05) is 4.47 Å². The normalized spacial score (nSPS) is 27.6. The first-order chi connectivity index (χ1) is 14.0. The Balaban J connectivity index is 1.54. The van der Waals surface area contributed by atoms with Crippen LogP contribution in [0.1, 0.15) is 30.9 Å². The van der Waals surface area contributed by atoms with Gasteiger partial charge >= 0.3 is 0 Å².